The highest BCUT2D eigenvalue weighted by molar-refractivity contribution is 14.1. The maximum atomic E-state index is 8.40. The van der Waals surface area contributed by atoms with Gasteiger partial charge in [-0.1, -0.05) is 6.07 Å². The van der Waals surface area contributed by atoms with Gasteiger partial charge in [0.05, 0.1) is 6.07 Å². The highest BCUT2D eigenvalue weighted by Gasteiger charge is 1.97. The van der Waals surface area contributed by atoms with E-state index in [0.717, 1.165) is 6.42 Å². The van der Waals surface area contributed by atoms with Gasteiger partial charge in [-0.05, 0) is 69.3 Å². The summed E-state index contributed by atoms with van der Waals surface area (Å²) in [6.07, 6.45) is 1.47. The molecule has 0 bridgehead atoms. The second kappa shape index (κ2) is 5.02. The van der Waals surface area contributed by atoms with E-state index in [2.05, 4.69) is 69.5 Å². The van der Waals surface area contributed by atoms with Gasteiger partial charge >= 0.3 is 0 Å². The van der Waals surface area contributed by atoms with Gasteiger partial charge in [0, 0.05) is 13.6 Å². The van der Waals surface area contributed by atoms with E-state index in [-0.39, 0.29) is 0 Å². The van der Waals surface area contributed by atoms with E-state index in [4.69, 9.17) is 5.26 Å². The Kier molecular flexibility index (Phi) is 4.29. The van der Waals surface area contributed by atoms with Crippen LogP contribution in [-0.2, 0) is 6.42 Å². The van der Waals surface area contributed by atoms with Crippen LogP contribution in [0.5, 0.6) is 0 Å². The van der Waals surface area contributed by atoms with Gasteiger partial charge in [0.1, 0.15) is 0 Å². The summed E-state index contributed by atoms with van der Waals surface area (Å²) in [4.78, 5) is 0. The summed E-state index contributed by atoms with van der Waals surface area (Å²) in [6.45, 7) is 0. The van der Waals surface area contributed by atoms with Crippen LogP contribution in [-0.4, -0.2) is 0 Å². The number of aryl methyl sites for hydroxylation is 1. The fourth-order valence-electron chi connectivity index (χ4n) is 0.895. The van der Waals surface area contributed by atoms with Crippen LogP contribution in [0.25, 0.3) is 0 Å². The van der Waals surface area contributed by atoms with Gasteiger partial charge in [-0.25, -0.2) is 0 Å². The fraction of sp³-hybridized carbons (Fsp3) is 0.222. The summed E-state index contributed by atoms with van der Waals surface area (Å²) < 4.78 is 2.54. The van der Waals surface area contributed by atoms with Crippen molar-refractivity contribution in [3.8, 4) is 6.07 Å². The Balaban J connectivity index is 2.77. The number of hydrogen-bond acceptors (Lipinski definition) is 1. The lowest BCUT2D eigenvalue weighted by Crippen LogP contribution is -1.86. The summed E-state index contributed by atoms with van der Waals surface area (Å²) in [5.41, 5.74) is 1.25. The lowest BCUT2D eigenvalue weighted by atomic mass is 10.1. The van der Waals surface area contributed by atoms with Crippen molar-refractivity contribution < 1.29 is 0 Å². The van der Waals surface area contributed by atoms with Crippen molar-refractivity contribution in [2.45, 2.75) is 12.8 Å². The molecule has 0 fully saturated rings. The van der Waals surface area contributed by atoms with Gasteiger partial charge < -0.3 is 0 Å². The zero-order valence-electron chi connectivity index (χ0n) is 6.35. The maximum Gasteiger partial charge on any atom is 0.0625 e. The number of hydrogen-bond donors (Lipinski definition) is 0. The van der Waals surface area contributed by atoms with Crippen LogP contribution in [0.15, 0.2) is 18.2 Å². The average Bonchev–Trinajstić information content (AvgIpc) is 2.07. The Morgan fingerprint density at radius 1 is 1.25 bits per heavy atom. The topological polar surface area (TPSA) is 23.8 Å². The van der Waals surface area contributed by atoms with E-state index in [1.165, 1.54) is 12.7 Å². The molecule has 0 heterocycles. The van der Waals surface area contributed by atoms with Gasteiger partial charge in [-0.3, -0.25) is 0 Å². The number of benzene rings is 1. The lowest BCUT2D eigenvalue weighted by molar-refractivity contribution is 1.01. The largest absolute Gasteiger partial charge is 0.198 e. The molecule has 0 aliphatic carbocycles. The van der Waals surface area contributed by atoms with Crippen LogP contribution in [0.1, 0.15) is 12.0 Å². The molecule has 0 N–H and O–H groups in total. The van der Waals surface area contributed by atoms with Gasteiger partial charge in [-0.2, -0.15) is 5.26 Å². The molecule has 1 rings (SSSR count). The van der Waals surface area contributed by atoms with Crippen LogP contribution >= 0.6 is 45.2 Å². The molecule has 12 heavy (non-hydrogen) atoms. The first-order chi connectivity index (χ1) is 5.74. The lowest BCUT2D eigenvalue weighted by Gasteiger charge is -1.99. The zero-order chi connectivity index (χ0) is 8.97. The molecule has 0 unspecified atom stereocenters. The van der Waals surface area contributed by atoms with Crippen LogP contribution in [0.3, 0.4) is 0 Å². The first kappa shape index (κ1) is 10.3. The molecule has 1 aromatic carbocycles. The van der Waals surface area contributed by atoms with Crippen molar-refractivity contribution in [1.82, 2.24) is 0 Å². The predicted molar refractivity (Wildman–Crippen MR) is 65.8 cm³/mol. The van der Waals surface area contributed by atoms with E-state index in [9.17, 15) is 0 Å². The monoisotopic (exact) mass is 383 g/mol. The number of rotatable bonds is 2. The molecule has 3 heteroatoms. The van der Waals surface area contributed by atoms with Crippen molar-refractivity contribution in [2.75, 3.05) is 0 Å². The van der Waals surface area contributed by atoms with E-state index in [1.54, 1.807) is 0 Å². The highest BCUT2D eigenvalue weighted by Crippen LogP contribution is 2.17. The normalized spacial score (nSPS) is 9.42. The molecule has 0 amide bonds. The average molecular weight is 383 g/mol. The molecule has 0 atom stereocenters. The Labute approximate surface area is 99.4 Å². The number of nitriles is 1. The summed E-state index contributed by atoms with van der Waals surface area (Å²) in [5.74, 6) is 0. The minimum Gasteiger partial charge on any atom is -0.198 e. The van der Waals surface area contributed by atoms with Crippen molar-refractivity contribution in [3.05, 3.63) is 30.9 Å². The zero-order valence-corrected chi connectivity index (χ0v) is 10.7. The Morgan fingerprint density at radius 3 is 2.58 bits per heavy atom. The van der Waals surface area contributed by atoms with E-state index in [0.29, 0.717) is 6.42 Å². The van der Waals surface area contributed by atoms with Gasteiger partial charge in [-0.15, -0.1) is 0 Å². The SMILES string of the molecule is N#CCCc1ccc(I)c(I)c1. The summed E-state index contributed by atoms with van der Waals surface area (Å²) in [6, 6.07) is 8.46. The quantitative estimate of drug-likeness (QED) is 0.719. The third-order valence-electron chi connectivity index (χ3n) is 1.51. The predicted octanol–water partition coefficient (Wildman–Crippen LogP) is 3.35. The minimum absolute atomic E-state index is 0.608. The molecular formula is C9H7I2N. The summed E-state index contributed by atoms with van der Waals surface area (Å²) in [7, 11) is 0. The second-order valence-corrected chi connectivity index (χ2v) is 4.73. The second-order valence-electron chi connectivity index (χ2n) is 2.41. The maximum absolute atomic E-state index is 8.40. The molecule has 0 spiro atoms. The van der Waals surface area contributed by atoms with E-state index in [1.807, 2.05) is 0 Å². The molecule has 62 valence electrons. The summed E-state index contributed by atoms with van der Waals surface area (Å²) in [5, 5.41) is 8.40. The Hall–Kier alpha value is 0.170. The molecule has 0 saturated heterocycles. The third kappa shape index (κ3) is 2.90. The summed E-state index contributed by atoms with van der Waals surface area (Å²) >= 11 is 4.62. The molecule has 0 radical (unpaired) electrons. The van der Waals surface area contributed by atoms with Crippen LogP contribution in [0.2, 0.25) is 0 Å². The number of nitrogens with zero attached hydrogens (tertiary/aromatic N) is 1. The fourth-order valence-corrected chi connectivity index (χ4v) is 1.81. The van der Waals surface area contributed by atoms with Crippen molar-refractivity contribution >= 4 is 45.2 Å². The van der Waals surface area contributed by atoms with Crippen LogP contribution in [0.4, 0.5) is 0 Å². The standard InChI is InChI=1S/C9H7I2N/c10-8-4-3-7(2-1-5-12)6-9(8)11/h3-4,6H,1-2H2. The highest BCUT2D eigenvalue weighted by atomic mass is 127. The molecular weight excluding hydrogens is 376 g/mol. The molecule has 0 saturated carbocycles. The van der Waals surface area contributed by atoms with Crippen molar-refractivity contribution in [2.24, 2.45) is 0 Å². The number of halogens is 2. The van der Waals surface area contributed by atoms with Gasteiger partial charge in [0.15, 0.2) is 0 Å². The molecule has 1 nitrogen and oxygen atoms in total. The first-order valence-electron chi connectivity index (χ1n) is 3.55. The minimum atomic E-state index is 0.608. The smallest absolute Gasteiger partial charge is 0.0625 e. The molecule has 0 aliphatic heterocycles. The van der Waals surface area contributed by atoms with Crippen molar-refractivity contribution in [1.29, 1.82) is 5.26 Å². The Morgan fingerprint density at radius 2 is 2.00 bits per heavy atom. The molecule has 0 aliphatic rings. The van der Waals surface area contributed by atoms with Crippen LogP contribution < -0.4 is 0 Å². The molecule has 0 aromatic heterocycles. The molecule has 1 aromatic rings. The van der Waals surface area contributed by atoms with Crippen LogP contribution in [0, 0.1) is 18.5 Å². The Bertz CT molecular complexity index is 315. The van der Waals surface area contributed by atoms with Gasteiger partial charge in [0.25, 0.3) is 0 Å². The third-order valence-corrected chi connectivity index (χ3v) is 4.37. The van der Waals surface area contributed by atoms with E-state index >= 15 is 0 Å². The first-order valence-corrected chi connectivity index (χ1v) is 5.70. The van der Waals surface area contributed by atoms with Crippen molar-refractivity contribution in [3.63, 3.8) is 0 Å². The van der Waals surface area contributed by atoms with Gasteiger partial charge in [0.2, 0.25) is 0 Å². The van der Waals surface area contributed by atoms with E-state index < -0.39 is 0 Å².